The number of fused-ring (bicyclic) bond motifs is 1. The minimum atomic E-state index is 0.486. The van der Waals surface area contributed by atoms with Crippen molar-refractivity contribution < 1.29 is 0 Å². The first kappa shape index (κ1) is 9.68. The molecule has 0 aliphatic rings. The van der Waals surface area contributed by atoms with Gasteiger partial charge in [0.15, 0.2) is 0 Å². The Morgan fingerprint density at radius 3 is 2.93 bits per heavy atom. The van der Waals surface area contributed by atoms with Crippen molar-refractivity contribution in [3.8, 4) is 0 Å². The molecule has 0 fully saturated rings. The highest BCUT2D eigenvalue weighted by atomic mass is 79.9. The lowest BCUT2D eigenvalue weighted by atomic mass is 10.3. The van der Waals surface area contributed by atoms with Crippen molar-refractivity contribution in [3.63, 3.8) is 0 Å². The molecule has 0 atom stereocenters. The minimum Gasteiger partial charge on any atom is -0.327 e. The van der Waals surface area contributed by atoms with Crippen LogP contribution < -0.4 is 5.73 Å². The lowest BCUT2D eigenvalue weighted by Gasteiger charge is -2.02. The fourth-order valence-electron chi connectivity index (χ4n) is 1.66. The van der Waals surface area contributed by atoms with Crippen LogP contribution in [0.1, 0.15) is 12.7 Å². The highest BCUT2D eigenvalue weighted by Crippen LogP contribution is 2.20. The Kier molecular flexibility index (Phi) is 2.56. The van der Waals surface area contributed by atoms with E-state index < -0.39 is 0 Å². The van der Waals surface area contributed by atoms with Gasteiger partial charge in [-0.25, -0.2) is 4.98 Å². The van der Waals surface area contributed by atoms with E-state index in [2.05, 4.69) is 38.5 Å². The molecular weight excluding hydrogens is 242 g/mol. The highest BCUT2D eigenvalue weighted by molar-refractivity contribution is 9.10. The van der Waals surface area contributed by atoms with Gasteiger partial charge in [-0.1, -0.05) is 15.9 Å². The van der Waals surface area contributed by atoms with Crippen LogP contribution in [0, 0.1) is 0 Å². The second-order valence-corrected chi connectivity index (χ2v) is 4.03. The summed E-state index contributed by atoms with van der Waals surface area (Å²) in [4.78, 5) is 4.47. The molecule has 0 unspecified atom stereocenters. The zero-order valence-electron chi connectivity index (χ0n) is 8.00. The van der Waals surface area contributed by atoms with Crippen LogP contribution in [0.2, 0.25) is 0 Å². The van der Waals surface area contributed by atoms with Gasteiger partial charge in [0.25, 0.3) is 0 Å². The topological polar surface area (TPSA) is 43.8 Å². The summed E-state index contributed by atoms with van der Waals surface area (Å²) in [6.45, 7) is 3.49. The number of aryl methyl sites for hydroxylation is 1. The molecule has 1 aromatic heterocycles. The van der Waals surface area contributed by atoms with Crippen molar-refractivity contribution in [2.75, 3.05) is 0 Å². The molecule has 0 spiro atoms. The molecule has 4 heteroatoms. The lowest BCUT2D eigenvalue weighted by molar-refractivity contribution is 0.718. The van der Waals surface area contributed by atoms with Crippen LogP contribution in [0.5, 0.6) is 0 Å². The van der Waals surface area contributed by atoms with Gasteiger partial charge in [0.2, 0.25) is 0 Å². The van der Waals surface area contributed by atoms with Crippen LogP contribution in [0.15, 0.2) is 22.7 Å². The number of rotatable bonds is 2. The normalized spacial score (nSPS) is 11.1. The number of imidazole rings is 1. The fraction of sp³-hybridized carbons (Fsp3) is 0.300. The molecule has 0 aliphatic heterocycles. The van der Waals surface area contributed by atoms with Crippen molar-refractivity contribution in [2.24, 2.45) is 5.73 Å². The average Bonchev–Trinajstić information content (AvgIpc) is 2.54. The smallest absolute Gasteiger partial charge is 0.123 e. The maximum Gasteiger partial charge on any atom is 0.123 e. The van der Waals surface area contributed by atoms with E-state index in [-0.39, 0.29) is 0 Å². The van der Waals surface area contributed by atoms with Crippen molar-refractivity contribution >= 4 is 27.0 Å². The summed E-state index contributed by atoms with van der Waals surface area (Å²) in [5, 5.41) is 0. The van der Waals surface area contributed by atoms with Crippen molar-refractivity contribution in [2.45, 2.75) is 20.0 Å². The average molecular weight is 254 g/mol. The third kappa shape index (κ3) is 1.44. The summed E-state index contributed by atoms with van der Waals surface area (Å²) >= 11 is 3.43. The first-order chi connectivity index (χ1) is 6.76. The van der Waals surface area contributed by atoms with Crippen LogP contribution in [0.3, 0.4) is 0 Å². The SMILES string of the molecule is CCn1c(CN)nc2cc(Br)ccc21. The van der Waals surface area contributed by atoms with E-state index in [1.807, 2.05) is 12.1 Å². The Bertz CT molecular complexity index is 462. The summed E-state index contributed by atoms with van der Waals surface area (Å²) < 4.78 is 3.19. The fourth-order valence-corrected chi connectivity index (χ4v) is 2.01. The zero-order valence-corrected chi connectivity index (χ0v) is 9.58. The number of hydrogen-bond acceptors (Lipinski definition) is 2. The first-order valence-corrected chi connectivity index (χ1v) is 5.40. The van der Waals surface area contributed by atoms with Gasteiger partial charge >= 0.3 is 0 Å². The van der Waals surface area contributed by atoms with Crippen molar-refractivity contribution in [1.29, 1.82) is 0 Å². The van der Waals surface area contributed by atoms with Crippen LogP contribution in [0.4, 0.5) is 0 Å². The highest BCUT2D eigenvalue weighted by Gasteiger charge is 2.07. The monoisotopic (exact) mass is 253 g/mol. The maximum absolute atomic E-state index is 5.63. The Morgan fingerprint density at radius 1 is 1.50 bits per heavy atom. The number of nitrogens with two attached hydrogens (primary N) is 1. The van der Waals surface area contributed by atoms with Crippen LogP contribution in [-0.4, -0.2) is 9.55 Å². The quantitative estimate of drug-likeness (QED) is 0.893. The minimum absolute atomic E-state index is 0.486. The number of benzene rings is 1. The third-order valence-corrected chi connectivity index (χ3v) is 2.78. The van der Waals surface area contributed by atoms with E-state index in [4.69, 9.17) is 5.73 Å². The second kappa shape index (κ2) is 3.71. The van der Waals surface area contributed by atoms with E-state index in [0.29, 0.717) is 6.54 Å². The van der Waals surface area contributed by atoms with Gasteiger partial charge < -0.3 is 10.3 Å². The Morgan fingerprint density at radius 2 is 2.29 bits per heavy atom. The molecule has 0 aliphatic carbocycles. The largest absolute Gasteiger partial charge is 0.327 e. The van der Waals surface area contributed by atoms with Gasteiger partial charge in [-0.05, 0) is 25.1 Å². The predicted molar refractivity (Wildman–Crippen MR) is 61.0 cm³/mol. The zero-order chi connectivity index (χ0) is 10.1. The molecule has 3 nitrogen and oxygen atoms in total. The van der Waals surface area contributed by atoms with E-state index in [9.17, 15) is 0 Å². The summed E-state index contributed by atoms with van der Waals surface area (Å²) in [5.74, 6) is 0.945. The third-order valence-electron chi connectivity index (χ3n) is 2.29. The molecular formula is C10H12BrN3. The number of halogens is 1. The molecule has 0 amide bonds. The van der Waals surface area contributed by atoms with Gasteiger partial charge in [-0.3, -0.25) is 0 Å². The van der Waals surface area contributed by atoms with Gasteiger partial charge in [-0.15, -0.1) is 0 Å². The molecule has 2 aromatic rings. The second-order valence-electron chi connectivity index (χ2n) is 3.11. The summed E-state index contributed by atoms with van der Waals surface area (Å²) in [5.41, 5.74) is 7.78. The summed E-state index contributed by atoms with van der Waals surface area (Å²) in [7, 11) is 0. The molecule has 1 aromatic carbocycles. The molecule has 74 valence electrons. The number of nitrogens with zero attached hydrogens (tertiary/aromatic N) is 2. The van der Waals surface area contributed by atoms with E-state index in [1.54, 1.807) is 0 Å². The molecule has 0 bridgehead atoms. The van der Waals surface area contributed by atoms with E-state index in [0.717, 1.165) is 27.9 Å². The van der Waals surface area contributed by atoms with Crippen molar-refractivity contribution in [3.05, 3.63) is 28.5 Å². The Hall–Kier alpha value is -0.870. The van der Waals surface area contributed by atoms with E-state index in [1.165, 1.54) is 0 Å². The van der Waals surface area contributed by atoms with E-state index >= 15 is 0 Å². The predicted octanol–water partition coefficient (Wildman–Crippen LogP) is 2.28. The molecule has 2 rings (SSSR count). The Balaban J connectivity index is 2.73. The number of aromatic nitrogens is 2. The molecule has 0 saturated carbocycles. The lowest BCUT2D eigenvalue weighted by Crippen LogP contribution is -2.06. The van der Waals surface area contributed by atoms with Crippen LogP contribution in [0.25, 0.3) is 11.0 Å². The maximum atomic E-state index is 5.63. The first-order valence-electron chi connectivity index (χ1n) is 4.61. The standard InChI is InChI=1S/C10H12BrN3/c1-2-14-9-4-3-7(11)5-8(9)13-10(14)6-12/h3-5H,2,6,12H2,1H3. The Labute approximate surface area is 91.1 Å². The molecule has 1 heterocycles. The van der Waals surface area contributed by atoms with Crippen molar-refractivity contribution in [1.82, 2.24) is 9.55 Å². The van der Waals surface area contributed by atoms with Gasteiger partial charge in [0, 0.05) is 11.0 Å². The molecule has 14 heavy (non-hydrogen) atoms. The number of hydrogen-bond donors (Lipinski definition) is 1. The van der Waals surface area contributed by atoms with Crippen LogP contribution in [-0.2, 0) is 13.1 Å². The summed E-state index contributed by atoms with van der Waals surface area (Å²) in [6, 6.07) is 6.10. The molecule has 0 radical (unpaired) electrons. The van der Waals surface area contributed by atoms with Gasteiger partial charge in [-0.2, -0.15) is 0 Å². The van der Waals surface area contributed by atoms with Crippen LogP contribution >= 0.6 is 15.9 Å². The summed E-state index contributed by atoms with van der Waals surface area (Å²) in [6.07, 6.45) is 0. The van der Waals surface area contributed by atoms with Gasteiger partial charge in [0.05, 0.1) is 17.6 Å². The van der Waals surface area contributed by atoms with Gasteiger partial charge in [0.1, 0.15) is 5.82 Å². The molecule has 2 N–H and O–H groups in total. The molecule has 0 saturated heterocycles.